The molecule has 1 aliphatic heterocycles. The van der Waals surface area contributed by atoms with E-state index in [4.69, 9.17) is 10.2 Å². The summed E-state index contributed by atoms with van der Waals surface area (Å²) >= 11 is 0. The summed E-state index contributed by atoms with van der Waals surface area (Å²) in [6, 6.07) is 16.7. The number of hydrogen-bond donors (Lipinski definition) is 2. The number of carbonyl (C=O) groups excluding carboxylic acids is 2. The van der Waals surface area contributed by atoms with E-state index in [-0.39, 0.29) is 31.4 Å². The van der Waals surface area contributed by atoms with Crippen LogP contribution < -0.4 is 11.1 Å². The Bertz CT molecular complexity index is 1530. The van der Waals surface area contributed by atoms with Gasteiger partial charge in [0, 0.05) is 23.4 Å². The summed E-state index contributed by atoms with van der Waals surface area (Å²) in [6.07, 6.45) is 6.25. The van der Waals surface area contributed by atoms with Crippen LogP contribution in [0.2, 0.25) is 0 Å². The van der Waals surface area contributed by atoms with Crippen molar-refractivity contribution in [3.05, 3.63) is 95.5 Å². The van der Waals surface area contributed by atoms with E-state index < -0.39 is 5.67 Å². The fourth-order valence-corrected chi connectivity index (χ4v) is 4.40. The number of nitrogen functional groups attached to an aromatic ring is 1. The lowest BCUT2D eigenvalue weighted by Crippen LogP contribution is -2.59. The van der Waals surface area contributed by atoms with Crippen LogP contribution in [0.5, 0.6) is 0 Å². The quantitative estimate of drug-likeness (QED) is 0.335. The first-order valence-corrected chi connectivity index (χ1v) is 12.5. The topological polar surface area (TPSA) is 114 Å². The van der Waals surface area contributed by atoms with Crippen LogP contribution in [-0.2, 0) is 11.3 Å². The lowest BCUT2D eigenvalue weighted by Gasteiger charge is -2.42. The highest BCUT2D eigenvalue weighted by Crippen LogP contribution is 2.30. The second-order valence-electron chi connectivity index (χ2n) is 9.88. The zero-order valence-electron chi connectivity index (χ0n) is 21.6. The molecule has 4 aromatic rings. The number of nitrogens with one attached hydrogen (secondary N) is 1. The summed E-state index contributed by atoms with van der Waals surface area (Å²) in [5, 5.41) is 2.77. The first kappa shape index (κ1) is 25.8. The molecule has 2 aromatic carbocycles. The van der Waals surface area contributed by atoms with Crippen LogP contribution in [0.15, 0.2) is 77.5 Å². The van der Waals surface area contributed by atoms with Crippen molar-refractivity contribution in [1.29, 1.82) is 0 Å². The largest absolute Gasteiger partial charge is 0.439 e. The van der Waals surface area contributed by atoms with E-state index in [1.165, 1.54) is 17.9 Å². The van der Waals surface area contributed by atoms with Crippen LogP contribution in [0, 0.1) is 6.92 Å². The number of aryl methyl sites for hydroxylation is 1. The van der Waals surface area contributed by atoms with E-state index in [0.717, 1.165) is 27.8 Å². The van der Waals surface area contributed by atoms with Crippen LogP contribution in [0.25, 0.3) is 28.7 Å². The third-order valence-corrected chi connectivity index (χ3v) is 6.48. The fraction of sp³-hybridized carbons (Fsp3) is 0.200. The Morgan fingerprint density at radius 2 is 1.82 bits per heavy atom. The van der Waals surface area contributed by atoms with Crippen LogP contribution in [0.3, 0.4) is 0 Å². The van der Waals surface area contributed by atoms with Gasteiger partial charge in [-0.25, -0.2) is 14.4 Å². The van der Waals surface area contributed by atoms with Gasteiger partial charge in [-0.3, -0.25) is 9.59 Å². The smallest absolute Gasteiger partial charge is 0.254 e. The first-order valence-electron chi connectivity index (χ1n) is 12.5. The summed E-state index contributed by atoms with van der Waals surface area (Å²) < 4.78 is 19.6. The summed E-state index contributed by atoms with van der Waals surface area (Å²) in [6.45, 7) is 3.92. The molecule has 0 spiro atoms. The van der Waals surface area contributed by atoms with Crippen molar-refractivity contribution in [2.45, 2.75) is 26.1 Å². The lowest BCUT2D eigenvalue weighted by molar-refractivity contribution is -0.116. The van der Waals surface area contributed by atoms with Gasteiger partial charge in [-0.15, -0.1) is 0 Å². The van der Waals surface area contributed by atoms with Gasteiger partial charge in [-0.1, -0.05) is 24.3 Å². The number of hydrogen-bond acceptors (Lipinski definition) is 6. The van der Waals surface area contributed by atoms with E-state index in [1.807, 2.05) is 37.3 Å². The zero-order chi connectivity index (χ0) is 27.6. The summed E-state index contributed by atoms with van der Waals surface area (Å²) in [5.74, 6) is 0.973. The molecule has 1 aliphatic rings. The number of carbonyl (C=O) groups is 2. The summed E-state index contributed by atoms with van der Waals surface area (Å²) in [5.41, 5.74) is 9.33. The predicted octanol–water partition coefficient (Wildman–Crippen LogP) is 4.81. The van der Waals surface area contributed by atoms with Crippen molar-refractivity contribution in [3.63, 3.8) is 0 Å². The number of amides is 2. The second-order valence-corrected chi connectivity index (χ2v) is 9.88. The molecule has 8 nitrogen and oxygen atoms in total. The molecule has 39 heavy (non-hydrogen) atoms. The number of benzene rings is 2. The van der Waals surface area contributed by atoms with Gasteiger partial charge in [-0.05, 0) is 72.5 Å². The maximum atomic E-state index is 13.7. The number of nitrogens with zero attached hydrogens (tertiary/aromatic N) is 3. The molecule has 1 fully saturated rings. The molecule has 0 saturated carbocycles. The number of nitrogens with two attached hydrogens (primary N) is 1. The first-order chi connectivity index (χ1) is 18.7. The van der Waals surface area contributed by atoms with Gasteiger partial charge in [-0.2, -0.15) is 0 Å². The number of alkyl halides is 1. The number of aromatic nitrogens is 2. The van der Waals surface area contributed by atoms with E-state index in [2.05, 4.69) is 15.3 Å². The van der Waals surface area contributed by atoms with Gasteiger partial charge < -0.3 is 20.4 Å². The average Bonchev–Trinajstić information content (AvgIpc) is 3.38. The number of halogens is 1. The zero-order valence-corrected chi connectivity index (χ0v) is 21.6. The van der Waals surface area contributed by atoms with Gasteiger partial charge in [0.25, 0.3) is 5.91 Å². The van der Waals surface area contributed by atoms with E-state index in [1.54, 1.807) is 42.7 Å². The third kappa shape index (κ3) is 6.04. The maximum Gasteiger partial charge on any atom is 0.254 e. The standard InChI is InChI=1S/C30H28FN5O3/c1-19-13-23(21-5-7-22(8-6-21)29(38)36-17-30(2,31)18-36)9-10-25(19)28-35-16-24(39-28)15-34-27(37)12-4-20-3-11-26(32)33-14-20/h3-14,16H,15,17-18H2,1-2H3,(H2,32,33)(H,34,37)/b12-4+. The van der Waals surface area contributed by atoms with Gasteiger partial charge in [0.15, 0.2) is 0 Å². The Kier molecular flexibility index (Phi) is 6.98. The normalized spacial score (nSPS) is 14.3. The Morgan fingerprint density at radius 3 is 2.49 bits per heavy atom. The molecule has 0 atom stereocenters. The predicted molar refractivity (Wildman–Crippen MR) is 147 cm³/mol. The molecular weight excluding hydrogens is 497 g/mol. The monoisotopic (exact) mass is 525 g/mol. The number of rotatable bonds is 7. The van der Waals surface area contributed by atoms with Crippen LogP contribution >= 0.6 is 0 Å². The molecule has 0 radical (unpaired) electrons. The van der Waals surface area contributed by atoms with Crippen molar-refractivity contribution in [2.24, 2.45) is 0 Å². The molecule has 0 aliphatic carbocycles. The minimum absolute atomic E-state index is 0.128. The molecule has 5 rings (SSSR count). The molecule has 2 amide bonds. The molecule has 2 aromatic heterocycles. The van der Waals surface area contributed by atoms with Gasteiger partial charge in [0.1, 0.15) is 17.2 Å². The van der Waals surface area contributed by atoms with Crippen LogP contribution in [0.4, 0.5) is 10.2 Å². The highest BCUT2D eigenvalue weighted by Gasteiger charge is 2.41. The van der Waals surface area contributed by atoms with Crippen molar-refractivity contribution in [2.75, 3.05) is 18.8 Å². The molecule has 0 bridgehead atoms. The number of oxazole rings is 1. The second kappa shape index (κ2) is 10.5. The maximum absolute atomic E-state index is 13.7. The lowest BCUT2D eigenvalue weighted by atomic mass is 9.96. The Balaban J connectivity index is 1.19. The van der Waals surface area contributed by atoms with Crippen LogP contribution in [0.1, 0.15) is 34.2 Å². The van der Waals surface area contributed by atoms with Crippen molar-refractivity contribution < 1.29 is 18.4 Å². The van der Waals surface area contributed by atoms with Crippen LogP contribution in [-0.4, -0.2) is 45.4 Å². The minimum atomic E-state index is -1.29. The van der Waals surface area contributed by atoms with Crippen molar-refractivity contribution in [3.8, 4) is 22.6 Å². The summed E-state index contributed by atoms with van der Waals surface area (Å²) in [7, 11) is 0. The van der Waals surface area contributed by atoms with Gasteiger partial charge in [0.05, 0.1) is 25.8 Å². The highest BCUT2D eigenvalue weighted by atomic mass is 19.1. The minimum Gasteiger partial charge on any atom is -0.439 e. The average molecular weight is 526 g/mol. The Morgan fingerprint density at radius 1 is 1.08 bits per heavy atom. The molecule has 198 valence electrons. The summed E-state index contributed by atoms with van der Waals surface area (Å²) in [4.78, 5) is 34.5. The van der Waals surface area contributed by atoms with Gasteiger partial charge in [0.2, 0.25) is 11.8 Å². The molecule has 3 heterocycles. The third-order valence-electron chi connectivity index (χ3n) is 6.48. The number of pyridine rings is 1. The molecule has 0 unspecified atom stereocenters. The number of likely N-dealkylation sites (tertiary alicyclic amines) is 1. The van der Waals surface area contributed by atoms with E-state index in [0.29, 0.717) is 23.0 Å². The Labute approximate surface area is 225 Å². The Hall–Kier alpha value is -4.79. The fourth-order valence-electron chi connectivity index (χ4n) is 4.40. The number of anilines is 1. The molecule has 3 N–H and O–H groups in total. The molecular formula is C30H28FN5O3. The molecule has 9 heteroatoms. The van der Waals surface area contributed by atoms with Crippen molar-refractivity contribution >= 4 is 23.7 Å². The van der Waals surface area contributed by atoms with Gasteiger partial charge >= 0.3 is 0 Å². The van der Waals surface area contributed by atoms with E-state index >= 15 is 0 Å². The van der Waals surface area contributed by atoms with Crippen molar-refractivity contribution in [1.82, 2.24) is 20.2 Å². The highest BCUT2D eigenvalue weighted by molar-refractivity contribution is 5.95. The molecule has 1 saturated heterocycles. The SMILES string of the molecule is Cc1cc(-c2ccc(C(=O)N3CC(C)(F)C3)cc2)ccc1-c1ncc(CNC(=O)/C=C/c2ccc(N)nc2)o1. The van der Waals surface area contributed by atoms with E-state index in [9.17, 15) is 14.0 Å².